The molecule has 1 saturated heterocycles. The Morgan fingerprint density at radius 1 is 1.30 bits per heavy atom. The Balaban J connectivity index is 2.36. The molecule has 7 heteroatoms. The van der Waals surface area contributed by atoms with E-state index in [2.05, 4.69) is 20.8 Å². The van der Waals surface area contributed by atoms with Gasteiger partial charge in [0.15, 0.2) is 0 Å². The summed E-state index contributed by atoms with van der Waals surface area (Å²) in [5, 5.41) is 0. The van der Waals surface area contributed by atoms with Gasteiger partial charge >= 0.3 is 0 Å². The molecule has 2 rings (SSSR count). The fourth-order valence-electron chi connectivity index (χ4n) is 2.27. The van der Waals surface area contributed by atoms with Crippen molar-refractivity contribution in [1.29, 1.82) is 0 Å². The summed E-state index contributed by atoms with van der Waals surface area (Å²) in [6, 6.07) is 4.78. The number of nitrogen functional groups attached to an aromatic ring is 1. The Labute approximate surface area is 128 Å². The highest BCUT2D eigenvalue weighted by molar-refractivity contribution is 9.10. The molecule has 1 fully saturated rings. The van der Waals surface area contributed by atoms with Crippen molar-refractivity contribution in [3.05, 3.63) is 22.7 Å². The van der Waals surface area contributed by atoms with Gasteiger partial charge in [0.25, 0.3) is 0 Å². The number of hydrogen-bond donors (Lipinski definition) is 1. The fraction of sp³-hybridized carbons (Fsp3) is 0.538. The first kappa shape index (κ1) is 15.8. The van der Waals surface area contributed by atoms with E-state index in [-0.39, 0.29) is 10.4 Å². The van der Waals surface area contributed by atoms with Gasteiger partial charge in [-0.05, 0) is 55.0 Å². The second-order valence-corrected chi connectivity index (χ2v) is 8.52. The van der Waals surface area contributed by atoms with Crippen LogP contribution < -0.4 is 5.73 Å². The number of hydrogen-bond acceptors (Lipinski definition) is 4. The van der Waals surface area contributed by atoms with Gasteiger partial charge < -0.3 is 5.73 Å². The van der Waals surface area contributed by atoms with E-state index in [0.29, 0.717) is 23.2 Å². The zero-order valence-electron chi connectivity index (χ0n) is 11.9. The van der Waals surface area contributed by atoms with Gasteiger partial charge in [-0.1, -0.05) is 0 Å². The second kappa shape index (κ2) is 5.29. The van der Waals surface area contributed by atoms with Gasteiger partial charge in [0.1, 0.15) is 0 Å². The molecule has 0 atom stereocenters. The third-order valence-corrected chi connectivity index (χ3v) is 6.68. The van der Waals surface area contributed by atoms with E-state index in [1.807, 2.05) is 20.9 Å². The average molecular weight is 362 g/mol. The van der Waals surface area contributed by atoms with Crippen LogP contribution in [0, 0.1) is 0 Å². The number of benzene rings is 1. The molecule has 1 aromatic rings. The first-order valence-electron chi connectivity index (χ1n) is 6.41. The SMILES string of the molecule is CN1CCN(S(=O)(=O)c2ccc(N)cc2Br)CC1(C)C. The fourth-order valence-corrected chi connectivity index (χ4v) is 4.91. The van der Waals surface area contributed by atoms with E-state index in [1.54, 1.807) is 22.5 Å². The largest absolute Gasteiger partial charge is 0.399 e. The summed E-state index contributed by atoms with van der Waals surface area (Å²) >= 11 is 3.29. The van der Waals surface area contributed by atoms with Crippen molar-refractivity contribution in [3.63, 3.8) is 0 Å². The Morgan fingerprint density at radius 3 is 2.50 bits per heavy atom. The topological polar surface area (TPSA) is 66.6 Å². The Morgan fingerprint density at radius 2 is 1.95 bits per heavy atom. The summed E-state index contributed by atoms with van der Waals surface area (Å²) in [7, 11) is -1.48. The third-order valence-electron chi connectivity index (χ3n) is 3.86. The van der Waals surface area contributed by atoms with E-state index >= 15 is 0 Å². The number of nitrogens with zero attached hydrogens (tertiary/aromatic N) is 2. The molecule has 0 saturated carbocycles. The highest BCUT2D eigenvalue weighted by atomic mass is 79.9. The Bertz CT molecular complexity index is 616. The van der Waals surface area contributed by atoms with Crippen molar-refractivity contribution in [2.75, 3.05) is 32.4 Å². The van der Waals surface area contributed by atoms with Gasteiger partial charge in [-0.25, -0.2) is 8.42 Å². The van der Waals surface area contributed by atoms with Crippen LogP contribution in [-0.4, -0.2) is 49.8 Å². The van der Waals surface area contributed by atoms with E-state index in [1.165, 1.54) is 0 Å². The van der Waals surface area contributed by atoms with Crippen LogP contribution in [0.3, 0.4) is 0 Å². The van der Waals surface area contributed by atoms with Gasteiger partial charge in [-0.2, -0.15) is 4.31 Å². The summed E-state index contributed by atoms with van der Waals surface area (Å²) in [5.41, 5.74) is 6.03. The summed E-state index contributed by atoms with van der Waals surface area (Å²) < 4.78 is 27.6. The first-order chi connectivity index (χ1) is 9.14. The van der Waals surface area contributed by atoms with Gasteiger partial charge in [0.05, 0.1) is 4.90 Å². The standard InChI is InChI=1S/C13H20BrN3O2S/c1-13(2)9-17(7-6-16(13)3)20(18,19)12-5-4-10(15)8-11(12)14/h4-5,8H,6-7,9,15H2,1-3H3. The lowest BCUT2D eigenvalue weighted by atomic mass is 10.0. The maximum Gasteiger partial charge on any atom is 0.244 e. The summed E-state index contributed by atoms with van der Waals surface area (Å²) in [6.07, 6.45) is 0. The van der Waals surface area contributed by atoms with Crippen molar-refractivity contribution >= 4 is 31.6 Å². The molecule has 1 aliphatic rings. The third kappa shape index (κ3) is 2.86. The highest BCUT2D eigenvalue weighted by Crippen LogP contribution is 2.30. The summed E-state index contributed by atoms with van der Waals surface area (Å²) in [6.45, 7) is 5.79. The van der Waals surface area contributed by atoms with Crippen LogP contribution in [-0.2, 0) is 10.0 Å². The Kier molecular flexibility index (Phi) is 4.17. The molecule has 0 amide bonds. The number of rotatable bonds is 2. The molecule has 0 aliphatic carbocycles. The molecule has 112 valence electrons. The maximum atomic E-state index is 12.8. The molecule has 0 bridgehead atoms. The molecule has 0 radical (unpaired) electrons. The number of anilines is 1. The quantitative estimate of drug-likeness (QED) is 0.814. The van der Waals surface area contributed by atoms with Crippen LogP contribution in [0.5, 0.6) is 0 Å². The number of piperazine rings is 1. The zero-order valence-corrected chi connectivity index (χ0v) is 14.3. The van der Waals surface area contributed by atoms with Gasteiger partial charge in [0, 0.05) is 35.3 Å². The number of halogens is 1. The van der Waals surface area contributed by atoms with Gasteiger partial charge in [0.2, 0.25) is 10.0 Å². The minimum atomic E-state index is -3.50. The average Bonchev–Trinajstić information content (AvgIpc) is 2.31. The van der Waals surface area contributed by atoms with Crippen LogP contribution in [0.1, 0.15) is 13.8 Å². The minimum absolute atomic E-state index is 0.175. The smallest absolute Gasteiger partial charge is 0.244 e. The van der Waals surface area contributed by atoms with Crippen molar-refractivity contribution in [2.45, 2.75) is 24.3 Å². The minimum Gasteiger partial charge on any atom is -0.399 e. The lowest BCUT2D eigenvalue weighted by Gasteiger charge is -2.44. The summed E-state index contributed by atoms with van der Waals surface area (Å²) in [4.78, 5) is 2.45. The molecule has 0 unspecified atom stereocenters. The molecule has 20 heavy (non-hydrogen) atoms. The molecule has 1 heterocycles. The number of sulfonamides is 1. The monoisotopic (exact) mass is 361 g/mol. The van der Waals surface area contributed by atoms with E-state index < -0.39 is 10.0 Å². The Hall–Kier alpha value is -0.630. The second-order valence-electron chi connectivity index (χ2n) is 5.76. The molecule has 5 nitrogen and oxygen atoms in total. The van der Waals surface area contributed by atoms with E-state index in [9.17, 15) is 8.42 Å². The van der Waals surface area contributed by atoms with Crippen molar-refractivity contribution in [1.82, 2.24) is 9.21 Å². The predicted octanol–water partition coefficient (Wildman–Crippen LogP) is 1.75. The molecular formula is C13H20BrN3O2S. The van der Waals surface area contributed by atoms with Crippen molar-refractivity contribution in [2.24, 2.45) is 0 Å². The highest BCUT2D eigenvalue weighted by Gasteiger charge is 2.37. The number of nitrogens with two attached hydrogens (primary N) is 1. The van der Waals surface area contributed by atoms with Crippen molar-refractivity contribution in [3.8, 4) is 0 Å². The lowest BCUT2D eigenvalue weighted by Crippen LogP contribution is -2.58. The van der Waals surface area contributed by atoms with Crippen molar-refractivity contribution < 1.29 is 8.42 Å². The molecule has 2 N–H and O–H groups in total. The maximum absolute atomic E-state index is 12.8. The van der Waals surface area contributed by atoms with Crippen LogP contribution in [0.2, 0.25) is 0 Å². The molecule has 1 aliphatic heterocycles. The summed E-state index contributed by atoms with van der Waals surface area (Å²) in [5.74, 6) is 0. The normalized spacial score (nSPS) is 21.0. The lowest BCUT2D eigenvalue weighted by molar-refractivity contribution is 0.0801. The molecular weight excluding hydrogens is 342 g/mol. The van der Waals surface area contributed by atoms with Gasteiger partial charge in [-0.15, -0.1) is 0 Å². The molecule has 0 spiro atoms. The first-order valence-corrected chi connectivity index (χ1v) is 8.64. The van der Waals surface area contributed by atoms with Crippen LogP contribution in [0.25, 0.3) is 0 Å². The van der Waals surface area contributed by atoms with Crippen LogP contribution in [0.4, 0.5) is 5.69 Å². The van der Waals surface area contributed by atoms with Gasteiger partial charge in [-0.3, -0.25) is 4.90 Å². The van der Waals surface area contributed by atoms with Crippen LogP contribution in [0.15, 0.2) is 27.6 Å². The molecule has 0 aromatic heterocycles. The molecule has 1 aromatic carbocycles. The zero-order chi connectivity index (χ0) is 15.1. The predicted molar refractivity (Wildman–Crippen MR) is 84.0 cm³/mol. The van der Waals surface area contributed by atoms with E-state index in [0.717, 1.165) is 6.54 Å². The van der Waals surface area contributed by atoms with Crippen LogP contribution >= 0.6 is 15.9 Å². The van der Waals surface area contributed by atoms with E-state index in [4.69, 9.17) is 5.73 Å². The number of likely N-dealkylation sites (N-methyl/N-ethyl adjacent to an activating group) is 1.